The van der Waals surface area contributed by atoms with Crippen LogP contribution in [-0.4, -0.2) is 9.97 Å². The van der Waals surface area contributed by atoms with Gasteiger partial charge in [-0.05, 0) is 102 Å². The normalized spacial score (nSPS) is 11.4. The summed E-state index contributed by atoms with van der Waals surface area (Å²) in [6.45, 7) is 3.96. The van der Waals surface area contributed by atoms with E-state index in [1.165, 1.54) is 0 Å². The number of fused-ring (bicyclic) bond motifs is 2. The summed E-state index contributed by atoms with van der Waals surface area (Å²) in [6, 6.07) is 49.0. The maximum atomic E-state index is 6.04. The van der Waals surface area contributed by atoms with Crippen LogP contribution in [0.15, 0.2) is 161 Å². The second-order valence-corrected chi connectivity index (χ2v) is 11.2. The zero-order valence-electron chi connectivity index (χ0n) is 25.5. The van der Waals surface area contributed by atoms with E-state index >= 15 is 0 Å². The third-order valence-electron chi connectivity index (χ3n) is 8.13. The molecule has 8 aromatic rings. The maximum Gasteiger partial charge on any atom is 0.227 e. The molecule has 2 aromatic heterocycles. The average Bonchev–Trinajstić information content (AvgIpc) is 3.77. The highest BCUT2D eigenvalue weighted by molar-refractivity contribution is 5.83. The Kier molecular flexibility index (Phi) is 7.25. The lowest BCUT2D eigenvalue weighted by molar-refractivity contribution is 0.619. The minimum atomic E-state index is 0.596. The van der Waals surface area contributed by atoms with E-state index in [1.807, 2.05) is 66.7 Å². The minimum Gasteiger partial charge on any atom is -0.436 e. The summed E-state index contributed by atoms with van der Waals surface area (Å²) < 4.78 is 12.1. The van der Waals surface area contributed by atoms with Crippen LogP contribution in [0, 0.1) is 0 Å². The molecule has 5 nitrogen and oxygen atoms in total. The lowest BCUT2D eigenvalue weighted by Gasteiger charge is -2.26. The van der Waals surface area contributed by atoms with Gasteiger partial charge in [0.2, 0.25) is 11.8 Å². The second-order valence-electron chi connectivity index (χ2n) is 11.2. The molecular formula is C42H29N3O2. The van der Waals surface area contributed by atoms with Crippen molar-refractivity contribution in [2.45, 2.75) is 0 Å². The first-order valence-electron chi connectivity index (χ1n) is 15.4. The topological polar surface area (TPSA) is 55.3 Å². The Morgan fingerprint density at radius 1 is 0.489 bits per heavy atom. The molecule has 47 heavy (non-hydrogen) atoms. The van der Waals surface area contributed by atoms with E-state index < -0.39 is 0 Å². The molecule has 8 rings (SSSR count). The quantitative estimate of drug-likeness (QED) is 0.161. The number of anilines is 3. The van der Waals surface area contributed by atoms with Crippen LogP contribution < -0.4 is 4.90 Å². The Balaban J connectivity index is 1.17. The molecule has 0 saturated heterocycles. The highest BCUT2D eigenvalue weighted by atomic mass is 16.4. The number of hydrogen-bond donors (Lipinski definition) is 0. The molecule has 6 aromatic carbocycles. The van der Waals surface area contributed by atoms with Crippen molar-refractivity contribution in [3.63, 3.8) is 0 Å². The van der Waals surface area contributed by atoms with Crippen molar-refractivity contribution in [1.82, 2.24) is 9.97 Å². The van der Waals surface area contributed by atoms with Crippen molar-refractivity contribution < 1.29 is 8.83 Å². The van der Waals surface area contributed by atoms with Gasteiger partial charge in [0.15, 0.2) is 11.2 Å². The molecule has 0 unspecified atom stereocenters. The van der Waals surface area contributed by atoms with Crippen LogP contribution in [0.25, 0.3) is 63.3 Å². The van der Waals surface area contributed by atoms with Crippen molar-refractivity contribution in [1.29, 1.82) is 0 Å². The summed E-state index contributed by atoms with van der Waals surface area (Å²) in [6.07, 6.45) is 6.15. The maximum absolute atomic E-state index is 6.04. The predicted octanol–water partition coefficient (Wildman–Crippen LogP) is 11.6. The largest absolute Gasteiger partial charge is 0.436 e. The number of benzene rings is 6. The van der Waals surface area contributed by atoms with Gasteiger partial charge in [0, 0.05) is 28.2 Å². The molecular weight excluding hydrogens is 578 g/mol. The SMILES string of the molecule is C=Cc1ccccc1/C=C/c1cccc(N(c2ccc(-c3nc4ccccc4o3)cc2)c2ccc(-c3nc4ccccc4o3)cc2)c1. The van der Waals surface area contributed by atoms with Gasteiger partial charge in [-0.2, -0.15) is 0 Å². The average molecular weight is 608 g/mol. The number of para-hydroxylation sites is 4. The molecule has 224 valence electrons. The monoisotopic (exact) mass is 607 g/mol. The van der Waals surface area contributed by atoms with E-state index in [9.17, 15) is 0 Å². The van der Waals surface area contributed by atoms with Crippen LogP contribution in [0.3, 0.4) is 0 Å². The summed E-state index contributed by atoms with van der Waals surface area (Å²) in [5.41, 5.74) is 11.4. The minimum absolute atomic E-state index is 0.596. The third-order valence-corrected chi connectivity index (χ3v) is 8.13. The molecule has 5 heteroatoms. The first kappa shape index (κ1) is 28.0. The number of rotatable bonds is 8. The van der Waals surface area contributed by atoms with Crippen LogP contribution in [0.4, 0.5) is 17.1 Å². The van der Waals surface area contributed by atoms with Gasteiger partial charge in [0.1, 0.15) is 11.0 Å². The lowest BCUT2D eigenvalue weighted by atomic mass is 10.1. The Morgan fingerprint density at radius 2 is 1.02 bits per heavy atom. The Morgan fingerprint density at radius 3 is 1.57 bits per heavy atom. The van der Waals surface area contributed by atoms with Crippen LogP contribution in [-0.2, 0) is 0 Å². The van der Waals surface area contributed by atoms with Crippen molar-refractivity contribution >= 4 is 57.5 Å². The second kappa shape index (κ2) is 12.1. The molecule has 0 bridgehead atoms. The first-order chi connectivity index (χ1) is 23.2. The van der Waals surface area contributed by atoms with E-state index in [1.54, 1.807) is 0 Å². The van der Waals surface area contributed by atoms with Gasteiger partial charge in [-0.25, -0.2) is 9.97 Å². The first-order valence-corrected chi connectivity index (χ1v) is 15.4. The molecule has 0 radical (unpaired) electrons. The number of aromatic nitrogens is 2. The highest BCUT2D eigenvalue weighted by Crippen LogP contribution is 2.37. The Labute approximate surface area is 272 Å². The molecule has 0 amide bonds. The number of hydrogen-bond acceptors (Lipinski definition) is 5. The fraction of sp³-hybridized carbons (Fsp3) is 0. The molecule has 0 atom stereocenters. The molecule has 0 aliphatic carbocycles. The summed E-state index contributed by atoms with van der Waals surface area (Å²) in [7, 11) is 0. The number of oxazole rings is 2. The number of nitrogens with zero attached hydrogens (tertiary/aromatic N) is 3. The molecule has 0 spiro atoms. The van der Waals surface area contributed by atoms with Crippen molar-refractivity contribution in [3.05, 3.63) is 169 Å². The lowest BCUT2D eigenvalue weighted by Crippen LogP contribution is -2.10. The zero-order chi connectivity index (χ0) is 31.6. The molecule has 0 saturated carbocycles. The standard InChI is InChI=1S/C42H29N3O2/c1-2-30-11-3-4-12-31(30)19-18-29-10-9-13-36(28-29)45(34-24-20-32(21-25-34)41-43-37-14-5-7-16-39(37)46-41)35-26-22-33(23-27-35)42-44-38-15-6-8-17-40(38)47-42/h2-28H,1H2/b19-18+. The predicted molar refractivity (Wildman–Crippen MR) is 193 cm³/mol. The van der Waals surface area contributed by atoms with Gasteiger partial charge >= 0.3 is 0 Å². The Hall–Kier alpha value is -6.46. The van der Waals surface area contributed by atoms with Gasteiger partial charge in [-0.3, -0.25) is 0 Å². The molecule has 0 aliphatic heterocycles. The zero-order valence-corrected chi connectivity index (χ0v) is 25.5. The van der Waals surface area contributed by atoms with E-state index in [4.69, 9.17) is 8.83 Å². The van der Waals surface area contributed by atoms with Gasteiger partial charge in [-0.15, -0.1) is 0 Å². The van der Waals surface area contributed by atoms with Gasteiger partial charge in [-0.1, -0.05) is 85.5 Å². The molecule has 0 aliphatic rings. The van der Waals surface area contributed by atoms with E-state index in [0.717, 1.165) is 67.1 Å². The van der Waals surface area contributed by atoms with Crippen molar-refractivity contribution in [3.8, 4) is 22.9 Å². The summed E-state index contributed by atoms with van der Waals surface area (Å²) in [5, 5.41) is 0. The van der Waals surface area contributed by atoms with Gasteiger partial charge < -0.3 is 13.7 Å². The fourth-order valence-electron chi connectivity index (χ4n) is 5.75. The Bertz CT molecular complexity index is 2200. The van der Waals surface area contributed by atoms with Crippen LogP contribution in [0.2, 0.25) is 0 Å². The third kappa shape index (κ3) is 5.62. The highest BCUT2D eigenvalue weighted by Gasteiger charge is 2.16. The van der Waals surface area contributed by atoms with Crippen LogP contribution >= 0.6 is 0 Å². The molecule has 2 heterocycles. The smallest absolute Gasteiger partial charge is 0.227 e. The summed E-state index contributed by atoms with van der Waals surface area (Å²) in [5.74, 6) is 1.19. The molecule has 0 N–H and O–H groups in total. The van der Waals surface area contributed by atoms with Crippen LogP contribution in [0.1, 0.15) is 16.7 Å². The van der Waals surface area contributed by atoms with Gasteiger partial charge in [0.25, 0.3) is 0 Å². The summed E-state index contributed by atoms with van der Waals surface area (Å²) >= 11 is 0. The van der Waals surface area contributed by atoms with E-state index in [2.05, 4.69) is 119 Å². The van der Waals surface area contributed by atoms with Gasteiger partial charge in [0.05, 0.1) is 0 Å². The fourth-order valence-corrected chi connectivity index (χ4v) is 5.75. The molecule has 0 fully saturated rings. The van der Waals surface area contributed by atoms with Crippen molar-refractivity contribution in [2.75, 3.05) is 4.90 Å². The van der Waals surface area contributed by atoms with E-state index in [0.29, 0.717) is 11.8 Å². The van der Waals surface area contributed by atoms with E-state index in [-0.39, 0.29) is 0 Å². The van der Waals surface area contributed by atoms with Crippen LogP contribution in [0.5, 0.6) is 0 Å². The van der Waals surface area contributed by atoms with Crippen molar-refractivity contribution in [2.24, 2.45) is 0 Å². The summed E-state index contributed by atoms with van der Waals surface area (Å²) in [4.78, 5) is 11.6.